The van der Waals surface area contributed by atoms with Crippen LogP contribution in [0, 0.1) is 0 Å². The van der Waals surface area contributed by atoms with E-state index in [4.69, 9.17) is 0 Å². The van der Waals surface area contributed by atoms with Crippen LogP contribution >= 0.6 is 0 Å². The van der Waals surface area contributed by atoms with Crippen molar-refractivity contribution in [1.29, 1.82) is 0 Å². The molecule has 0 fully saturated rings. The highest BCUT2D eigenvalue weighted by atomic mass is 16.2. The molecule has 1 aromatic heterocycles. The van der Waals surface area contributed by atoms with Gasteiger partial charge in [-0.1, -0.05) is 12.2 Å². The SMILES string of the molecule is Cn1ccc(NC(=O)NC2=CCCC=C2)nc1=O. The van der Waals surface area contributed by atoms with Gasteiger partial charge in [-0.2, -0.15) is 4.98 Å². The summed E-state index contributed by atoms with van der Waals surface area (Å²) in [7, 11) is 1.59. The van der Waals surface area contributed by atoms with Crippen molar-refractivity contribution < 1.29 is 4.79 Å². The Hall–Kier alpha value is -2.37. The maximum atomic E-state index is 11.6. The standard InChI is InChI=1S/C12H14N4O2/c1-16-8-7-10(15-12(16)18)14-11(17)13-9-5-3-2-4-6-9/h3,5-8H,2,4H2,1H3,(H2,13,14,15,17,18). The van der Waals surface area contributed by atoms with Crippen molar-refractivity contribution >= 4 is 11.8 Å². The molecule has 1 aliphatic carbocycles. The summed E-state index contributed by atoms with van der Waals surface area (Å²) in [5.41, 5.74) is 0.340. The highest BCUT2D eigenvalue weighted by Crippen LogP contribution is 2.07. The van der Waals surface area contributed by atoms with Crippen LogP contribution < -0.4 is 16.3 Å². The van der Waals surface area contributed by atoms with Crippen LogP contribution in [0.25, 0.3) is 0 Å². The third-order valence-corrected chi connectivity index (χ3v) is 2.47. The normalized spacial score (nSPS) is 13.9. The molecule has 18 heavy (non-hydrogen) atoms. The molecule has 0 radical (unpaired) electrons. The average molecular weight is 246 g/mol. The Morgan fingerprint density at radius 3 is 2.89 bits per heavy atom. The monoisotopic (exact) mass is 246 g/mol. The molecule has 2 amide bonds. The fraction of sp³-hybridized carbons (Fsp3) is 0.250. The van der Waals surface area contributed by atoms with E-state index in [2.05, 4.69) is 15.6 Å². The Morgan fingerprint density at radius 2 is 2.22 bits per heavy atom. The zero-order valence-electron chi connectivity index (χ0n) is 10.0. The van der Waals surface area contributed by atoms with Crippen LogP contribution in [0.3, 0.4) is 0 Å². The molecule has 0 bridgehead atoms. The molecule has 94 valence electrons. The number of allylic oxidation sites excluding steroid dienone is 3. The molecule has 0 atom stereocenters. The third kappa shape index (κ3) is 3.07. The van der Waals surface area contributed by atoms with Crippen LogP contribution in [0.5, 0.6) is 0 Å². The lowest BCUT2D eigenvalue weighted by atomic mass is 10.1. The van der Waals surface area contributed by atoms with Crippen molar-refractivity contribution in [1.82, 2.24) is 14.9 Å². The van der Waals surface area contributed by atoms with Gasteiger partial charge in [-0.3, -0.25) is 5.32 Å². The number of anilines is 1. The van der Waals surface area contributed by atoms with Crippen LogP contribution in [0.15, 0.2) is 41.0 Å². The molecule has 0 aliphatic heterocycles. The molecule has 0 saturated carbocycles. The van der Waals surface area contributed by atoms with E-state index in [1.54, 1.807) is 19.3 Å². The van der Waals surface area contributed by atoms with E-state index in [1.807, 2.05) is 18.2 Å². The average Bonchev–Trinajstić information content (AvgIpc) is 2.35. The smallest absolute Gasteiger partial charge is 0.308 e. The quantitative estimate of drug-likeness (QED) is 0.821. The van der Waals surface area contributed by atoms with Crippen molar-refractivity contribution in [2.24, 2.45) is 7.05 Å². The largest absolute Gasteiger partial charge is 0.349 e. The van der Waals surface area contributed by atoms with Gasteiger partial charge in [-0.25, -0.2) is 9.59 Å². The van der Waals surface area contributed by atoms with Crippen LogP contribution in [-0.2, 0) is 7.05 Å². The van der Waals surface area contributed by atoms with Crippen LogP contribution in [0.2, 0.25) is 0 Å². The van der Waals surface area contributed by atoms with Gasteiger partial charge >= 0.3 is 11.7 Å². The fourth-order valence-electron chi connectivity index (χ4n) is 1.52. The summed E-state index contributed by atoms with van der Waals surface area (Å²) < 4.78 is 1.33. The molecule has 1 aliphatic rings. The first kappa shape index (κ1) is 12.1. The number of nitrogens with one attached hydrogen (secondary N) is 2. The summed E-state index contributed by atoms with van der Waals surface area (Å²) in [4.78, 5) is 26.6. The van der Waals surface area contributed by atoms with Gasteiger partial charge in [0.15, 0.2) is 0 Å². The second-order valence-corrected chi connectivity index (χ2v) is 3.92. The molecule has 0 unspecified atom stereocenters. The van der Waals surface area contributed by atoms with E-state index in [0.717, 1.165) is 18.5 Å². The maximum absolute atomic E-state index is 11.6. The molecule has 6 nitrogen and oxygen atoms in total. The van der Waals surface area contributed by atoms with Crippen molar-refractivity contribution in [2.45, 2.75) is 12.8 Å². The van der Waals surface area contributed by atoms with Gasteiger partial charge < -0.3 is 9.88 Å². The number of aryl methyl sites for hydroxylation is 1. The minimum absolute atomic E-state index is 0.232. The van der Waals surface area contributed by atoms with Crippen LogP contribution in [0.4, 0.5) is 10.6 Å². The van der Waals surface area contributed by atoms with E-state index < -0.39 is 11.7 Å². The summed E-state index contributed by atoms with van der Waals surface area (Å²) >= 11 is 0. The second-order valence-electron chi connectivity index (χ2n) is 3.92. The number of amides is 2. The van der Waals surface area contributed by atoms with Crippen LogP contribution in [0.1, 0.15) is 12.8 Å². The van der Waals surface area contributed by atoms with Crippen molar-refractivity contribution in [3.8, 4) is 0 Å². The van der Waals surface area contributed by atoms with E-state index in [9.17, 15) is 9.59 Å². The van der Waals surface area contributed by atoms with Gasteiger partial charge in [-0.05, 0) is 25.0 Å². The maximum Gasteiger partial charge on any atom is 0.349 e. The number of hydrogen-bond acceptors (Lipinski definition) is 3. The molecule has 1 heterocycles. The third-order valence-electron chi connectivity index (χ3n) is 2.47. The van der Waals surface area contributed by atoms with Crippen LogP contribution in [-0.4, -0.2) is 15.6 Å². The van der Waals surface area contributed by atoms with Gasteiger partial charge in [-0.15, -0.1) is 0 Å². The highest BCUT2D eigenvalue weighted by Gasteiger charge is 2.05. The van der Waals surface area contributed by atoms with Crippen molar-refractivity contribution in [3.05, 3.63) is 46.7 Å². The van der Waals surface area contributed by atoms with E-state index >= 15 is 0 Å². The van der Waals surface area contributed by atoms with Gasteiger partial charge in [0.2, 0.25) is 0 Å². The number of carbonyl (C=O) groups excluding carboxylic acids is 1. The molecule has 1 aromatic rings. The predicted molar refractivity (Wildman–Crippen MR) is 68.1 cm³/mol. The summed E-state index contributed by atoms with van der Waals surface area (Å²) in [5.74, 6) is 0.232. The number of hydrogen-bond donors (Lipinski definition) is 2. The Labute approximate surface area is 104 Å². The minimum Gasteiger partial charge on any atom is -0.308 e. The lowest BCUT2D eigenvalue weighted by molar-refractivity contribution is 0.254. The van der Waals surface area contributed by atoms with Gasteiger partial charge in [0.25, 0.3) is 0 Å². The molecule has 6 heteroatoms. The topological polar surface area (TPSA) is 76.0 Å². The number of urea groups is 1. The molecule has 2 rings (SSSR count). The molecular formula is C12H14N4O2. The zero-order valence-corrected chi connectivity index (χ0v) is 10.0. The summed E-state index contributed by atoms with van der Waals surface area (Å²) in [6, 6.07) is 1.15. The van der Waals surface area contributed by atoms with Gasteiger partial charge in [0.1, 0.15) is 5.82 Å². The lowest BCUT2D eigenvalue weighted by Crippen LogP contribution is -2.30. The Kier molecular flexibility index (Phi) is 3.57. The van der Waals surface area contributed by atoms with E-state index in [1.165, 1.54) is 4.57 Å². The number of rotatable bonds is 2. The first-order chi connectivity index (χ1) is 8.65. The number of carbonyl (C=O) groups is 1. The number of nitrogens with zero attached hydrogens (tertiary/aromatic N) is 2. The Balaban J connectivity index is 1.98. The summed E-state index contributed by atoms with van der Waals surface area (Å²) in [5, 5.41) is 5.18. The molecular weight excluding hydrogens is 232 g/mol. The van der Waals surface area contributed by atoms with E-state index in [-0.39, 0.29) is 5.82 Å². The Bertz CT molecular complexity index is 572. The van der Waals surface area contributed by atoms with Crippen molar-refractivity contribution in [2.75, 3.05) is 5.32 Å². The molecule has 0 spiro atoms. The van der Waals surface area contributed by atoms with E-state index in [0.29, 0.717) is 0 Å². The number of aromatic nitrogens is 2. The Morgan fingerprint density at radius 1 is 1.39 bits per heavy atom. The lowest BCUT2D eigenvalue weighted by Gasteiger charge is -2.10. The molecule has 2 N–H and O–H groups in total. The fourth-order valence-corrected chi connectivity index (χ4v) is 1.52. The van der Waals surface area contributed by atoms with Gasteiger partial charge in [0.05, 0.1) is 0 Å². The highest BCUT2D eigenvalue weighted by molar-refractivity contribution is 5.89. The summed E-state index contributed by atoms with van der Waals surface area (Å²) in [6.07, 6.45) is 9.23. The van der Waals surface area contributed by atoms with Gasteiger partial charge in [0, 0.05) is 18.9 Å². The second kappa shape index (κ2) is 5.31. The summed E-state index contributed by atoms with van der Waals surface area (Å²) in [6.45, 7) is 0. The predicted octanol–water partition coefficient (Wildman–Crippen LogP) is 1.14. The minimum atomic E-state index is -0.412. The first-order valence-electron chi connectivity index (χ1n) is 5.63. The molecule has 0 saturated heterocycles. The molecule has 0 aromatic carbocycles. The first-order valence-corrected chi connectivity index (χ1v) is 5.63. The van der Waals surface area contributed by atoms with Crippen molar-refractivity contribution in [3.63, 3.8) is 0 Å². The zero-order chi connectivity index (χ0) is 13.0.